The van der Waals surface area contributed by atoms with E-state index >= 15 is 0 Å². The molecule has 2 aliphatic rings. The molecular weight excluding hydrogens is 316 g/mol. The number of nitrogens with zero attached hydrogens (tertiary/aromatic N) is 2. The summed E-state index contributed by atoms with van der Waals surface area (Å²) >= 11 is 0. The summed E-state index contributed by atoms with van der Waals surface area (Å²) in [5, 5.41) is 10.3. The Labute approximate surface area is 147 Å². The Morgan fingerprint density at radius 1 is 1.36 bits per heavy atom. The van der Waals surface area contributed by atoms with E-state index in [-0.39, 0.29) is 12.1 Å². The van der Waals surface area contributed by atoms with Gasteiger partial charge >= 0.3 is 6.03 Å². The number of benzene rings is 1. The Bertz CT molecular complexity index is 767. The molecule has 132 valence electrons. The van der Waals surface area contributed by atoms with E-state index in [1.807, 2.05) is 19.2 Å². The number of fused-ring (bicyclic) bond motifs is 1. The molecule has 0 spiro atoms. The van der Waals surface area contributed by atoms with Crippen molar-refractivity contribution in [2.24, 2.45) is 7.05 Å². The Hall–Kier alpha value is -2.34. The minimum Gasteiger partial charge on any atom is -0.373 e. The van der Waals surface area contributed by atoms with Crippen molar-refractivity contribution in [1.29, 1.82) is 0 Å². The molecule has 1 atom stereocenters. The maximum Gasteiger partial charge on any atom is 0.320 e. The lowest BCUT2D eigenvalue weighted by molar-refractivity contribution is 0.0373. The normalized spacial score (nSPS) is 19.3. The van der Waals surface area contributed by atoms with Gasteiger partial charge in [-0.25, -0.2) is 4.79 Å². The summed E-state index contributed by atoms with van der Waals surface area (Å²) in [6, 6.07) is 10.2. The van der Waals surface area contributed by atoms with Crippen molar-refractivity contribution in [3.05, 3.63) is 47.2 Å². The molecule has 1 aliphatic carbocycles. The fourth-order valence-electron chi connectivity index (χ4n) is 3.38. The second-order valence-electron chi connectivity index (χ2n) is 6.83. The first-order valence-corrected chi connectivity index (χ1v) is 8.99. The van der Waals surface area contributed by atoms with Gasteiger partial charge in [-0.3, -0.25) is 10.00 Å². The SMILES string of the molecule is Cn1nc(C2CC2)cc1NC(=O)NCCC1OCCc2ccccc21. The molecule has 0 radical (unpaired) electrons. The predicted molar refractivity (Wildman–Crippen MR) is 95.7 cm³/mol. The van der Waals surface area contributed by atoms with E-state index in [1.165, 1.54) is 24.0 Å². The van der Waals surface area contributed by atoms with E-state index in [4.69, 9.17) is 4.74 Å². The zero-order chi connectivity index (χ0) is 17.2. The fraction of sp³-hybridized carbons (Fsp3) is 0.474. The second kappa shape index (κ2) is 6.88. The maximum absolute atomic E-state index is 12.1. The van der Waals surface area contributed by atoms with Crippen LogP contribution in [-0.2, 0) is 18.2 Å². The van der Waals surface area contributed by atoms with Gasteiger partial charge in [0.05, 0.1) is 18.4 Å². The number of amides is 2. The quantitative estimate of drug-likeness (QED) is 0.879. The number of nitrogens with one attached hydrogen (secondary N) is 2. The molecule has 2 N–H and O–H groups in total. The summed E-state index contributed by atoms with van der Waals surface area (Å²) in [7, 11) is 1.86. The van der Waals surface area contributed by atoms with Crippen LogP contribution in [0.4, 0.5) is 10.6 Å². The van der Waals surface area contributed by atoms with Gasteiger partial charge in [0.25, 0.3) is 0 Å². The van der Waals surface area contributed by atoms with Crippen LogP contribution in [0.25, 0.3) is 0 Å². The lowest BCUT2D eigenvalue weighted by atomic mass is 9.96. The molecule has 2 heterocycles. The molecule has 1 saturated carbocycles. The minimum absolute atomic E-state index is 0.0587. The van der Waals surface area contributed by atoms with Crippen molar-refractivity contribution in [2.45, 2.75) is 37.7 Å². The van der Waals surface area contributed by atoms with Gasteiger partial charge in [0.15, 0.2) is 0 Å². The van der Waals surface area contributed by atoms with E-state index in [0.717, 1.165) is 31.0 Å². The molecule has 4 rings (SSSR count). The van der Waals surface area contributed by atoms with Crippen molar-refractivity contribution < 1.29 is 9.53 Å². The maximum atomic E-state index is 12.1. The van der Waals surface area contributed by atoms with Crippen LogP contribution in [0.5, 0.6) is 0 Å². The summed E-state index contributed by atoms with van der Waals surface area (Å²) in [5.41, 5.74) is 3.67. The van der Waals surface area contributed by atoms with Crippen LogP contribution < -0.4 is 10.6 Å². The molecule has 1 aliphatic heterocycles. The van der Waals surface area contributed by atoms with Gasteiger partial charge in [-0.1, -0.05) is 24.3 Å². The number of rotatable bonds is 5. The predicted octanol–water partition coefficient (Wildman–Crippen LogP) is 3.12. The molecule has 2 amide bonds. The van der Waals surface area contributed by atoms with E-state index < -0.39 is 0 Å². The van der Waals surface area contributed by atoms with Gasteiger partial charge in [-0.2, -0.15) is 5.10 Å². The summed E-state index contributed by atoms with van der Waals surface area (Å²) in [6.45, 7) is 1.31. The number of hydrogen-bond acceptors (Lipinski definition) is 3. The first-order chi connectivity index (χ1) is 12.2. The van der Waals surface area contributed by atoms with Crippen LogP contribution in [0.15, 0.2) is 30.3 Å². The average Bonchev–Trinajstić information content (AvgIpc) is 3.40. The van der Waals surface area contributed by atoms with E-state index in [1.54, 1.807) is 4.68 Å². The van der Waals surface area contributed by atoms with Gasteiger partial charge in [0, 0.05) is 25.6 Å². The van der Waals surface area contributed by atoms with Crippen molar-refractivity contribution in [3.63, 3.8) is 0 Å². The van der Waals surface area contributed by atoms with Crippen molar-refractivity contribution in [1.82, 2.24) is 15.1 Å². The molecule has 1 aromatic carbocycles. The molecule has 1 unspecified atom stereocenters. The topological polar surface area (TPSA) is 68.2 Å². The minimum atomic E-state index is -0.200. The van der Waals surface area contributed by atoms with Crippen molar-refractivity contribution in [2.75, 3.05) is 18.5 Å². The van der Waals surface area contributed by atoms with E-state index in [2.05, 4.69) is 33.9 Å². The number of aromatic nitrogens is 2. The number of anilines is 1. The van der Waals surface area contributed by atoms with Crippen LogP contribution in [0.2, 0.25) is 0 Å². The highest BCUT2D eigenvalue weighted by atomic mass is 16.5. The first-order valence-electron chi connectivity index (χ1n) is 8.99. The zero-order valence-electron chi connectivity index (χ0n) is 14.5. The average molecular weight is 340 g/mol. The molecule has 25 heavy (non-hydrogen) atoms. The van der Waals surface area contributed by atoms with Crippen LogP contribution in [0.3, 0.4) is 0 Å². The summed E-state index contributed by atoms with van der Waals surface area (Å²) in [4.78, 5) is 12.1. The number of carbonyl (C=O) groups is 1. The molecule has 0 bridgehead atoms. The second-order valence-corrected chi connectivity index (χ2v) is 6.83. The van der Waals surface area contributed by atoms with Crippen LogP contribution in [0.1, 0.15) is 48.1 Å². The highest BCUT2D eigenvalue weighted by molar-refractivity contribution is 5.88. The number of carbonyl (C=O) groups excluding carboxylic acids is 1. The van der Waals surface area contributed by atoms with Crippen LogP contribution in [0, 0.1) is 0 Å². The molecule has 6 nitrogen and oxygen atoms in total. The molecule has 2 aromatic rings. The van der Waals surface area contributed by atoms with Crippen molar-refractivity contribution >= 4 is 11.8 Å². The highest BCUT2D eigenvalue weighted by Crippen LogP contribution is 2.39. The molecular formula is C19H24N4O2. The third-order valence-corrected chi connectivity index (χ3v) is 4.92. The summed E-state index contributed by atoms with van der Waals surface area (Å²) < 4.78 is 7.60. The number of aryl methyl sites for hydroxylation is 1. The largest absolute Gasteiger partial charge is 0.373 e. The lowest BCUT2D eigenvalue weighted by Gasteiger charge is -2.26. The Balaban J connectivity index is 1.28. The van der Waals surface area contributed by atoms with E-state index in [9.17, 15) is 4.79 Å². The monoisotopic (exact) mass is 340 g/mol. The van der Waals surface area contributed by atoms with Gasteiger partial charge in [-0.05, 0) is 36.8 Å². The molecule has 6 heteroatoms. The fourth-order valence-corrected chi connectivity index (χ4v) is 3.38. The van der Waals surface area contributed by atoms with Gasteiger partial charge in [-0.15, -0.1) is 0 Å². The third kappa shape index (κ3) is 3.69. The Kier molecular flexibility index (Phi) is 4.44. The van der Waals surface area contributed by atoms with E-state index in [0.29, 0.717) is 12.5 Å². The zero-order valence-corrected chi connectivity index (χ0v) is 14.5. The van der Waals surface area contributed by atoms with Gasteiger partial charge in [0.2, 0.25) is 0 Å². The van der Waals surface area contributed by atoms with Gasteiger partial charge in [0.1, 0.15) is 5.82 Å². The summed E-state index contributed by atoms with van der Waals surface area (Å²) in [6.07, 6.45) is 4.19. The Morgan fingerprint density at radius 2 is 2.20 bits per heavy atom. The van der Waals surface area contributed by atoms with Gasteiger partial charge < -0.3 is 10.1 Å². The first kappa shape index (κ1) is 16.1. The number of urea groups is 1. The molecule has 1 fully saturated rings. The highest BCUT2D eigenvalue weighted by Gasteiger charge is 2.27. The molecule has 1 aromatic heterocycles. The van der Waals surface area contributed by atoms with Crippen LogP contribution >= 0.6 is 0 Å². The summed E-state index contributed by atoms with van der Waals surface area (Å²) in [5.74, 6) is 1.31. The van der Waals surface area contributed by atoms with Crippen LogP contribution in [-0.4, -0.2) is 29.0 Å². The number of ether oxygens (including phenoxy) is 1. The lowest BCUT2D eigenvalue weighted by Crippen LogP contribution is -2.31. The smallest absolute Gasteiger partial charge is 0.320 e. The number of hydrogen-bond donors (Lipinski definition) is 2. The standard InChI is InChI=1S/C19H24N4O2/c1-23-18(12-16(22-23)14-6-7-14)21-19(24)20-10-8-17-15-5-3-2-4-13(15)9-11-25-17/h2-5,12,14,17H,6-11H2,1H3,(H2,20,21,24). The Morgan fingerprint density at radius 3 is 3.04 bits per heavy atom. The molecule has 0 saturated heterocycles. The van der Waals surface area contributed by atoms with Crippen molar-refractivity contribution in [3.8, 4) is 0 Å². The third-order valence-electron chi connectivity index (χ3n) is 4.92.